The molecule has 2 unspecified atom stereocenters. The molecule has 0 aromatic carbocycles. The SMILES string of the molecule is CC1CCCCCC1NS(=O)(=O)c1cnc[nH]1. The number of hydrogen-bond acceptors (Lipinski definition) is 3. The molecular weight excluding hydrogens is 238 g/mol. The molecule has 6 heteroatoms. The van der Waals surface area contributed by atoms with Crippen molar-refractivity contribution in [3.63, 3.8) is 0 Å². The van der Waals surface area contributed by atoms with E-state index in [4.69, 9.17) is 0 Å². The number of aromatic amines is 1. The number of nitrogens with one attached hydrogen (secondary N) is 2. The molecule has 0 radical (unpaired) electrons. The zero-order chi connectivity index (χ0) is 12.3. The summed E-state index contributed by atoms with van der Waals surface area (Å²) in [5, 5.41) is 0.147. The van der Waals surface area contributed by atoms with Gasteiger partial charge in [0.05, 0.1) is 12.5 Å². The van der Waals surface area contributed by atoms with Gasteiger partial charge in [0, 0.05) is 6.04 Å². The zero-order valence-corrected chi connectivity index (χ0v) is 10.8. The Kier molecular flexibility index (Phi) is 3.83. The van der Waals surface area contributed by atoms with Gasteiger partial charge < -0.3 is 4.98 Å². The van der Waals surface area contributed by atoms with E-state index in [1.54, 1.807) is 0 Å². The lowest BCUT2D eigenvalue weighted by Gasteiger charge is -2.22. The summed E-state index contributed by atoms with van der Waals surface area (Å²) >= 11 is 0. The molecule has 1 aromatic heterocycles. The number of rotatable bonds is 3. The number of sulfonamides is 1. The van der Waals surface area contributed by atoms with Crippen LogP contribution in [-0.2, 0) is 10.0 Å². The van der Waals surface area contributed by atoms with E-state index < -0.39 is 10.0 Å². The van der Waals surface area contributed by atoms with E-state index in [2.05, 4.69) is 21.6 Å². The average Bonchev–Trinajstić information content (AvgIpc) is 2.74. The molecule has 1 heterocycles. The molecule has 2 N–H and O–H groups in total. The van der Waals surface area contributed by atoms with Gasteiger partial charge in [-0.3, -0.25) is 0 Å². The van der Waals surface area contributed by atoms with E-state index in [1.807, 2.05) is 0 Å². The van der Waals surface area contributed by atoms with Gasteiger partial charge in [-0.2, -0.15) is 0 Å². The summed E-state index contributed by atoms with van der Waals surface area (Å²) in [6.07, 6.45) is 8.23. The lowest BCUT2D eigenvalue weighted by atomic mass is 9.98. The lowest BCUT2D eigenvalue weighted by molar-refractivity contribution is 0.399. The Morgan fingerprint density at radius 3 is 2.82 bits per heavy atom. The average molecular weight is 257 g/mol. The molecule has 5 nitrogen and oxygen atoms in total. The van der Waals surface area contributed by atoms with E-state index in [-0.39, 0.29) is 11.1 Å². The van der Waals surface area contributed by atoms with Crippen LogP contribution in [0.5, 0.6) is 0 Å². The summed E-state index contributed by atoms with van der Waals surface area (Å²) < 4.78 is 26.9. The maximum atomic E-state index is 12.0. The summed E-state index contributed by atoms with van der Waals surface area (Å²) in [6, 6.07) is 0.0470. The van der Waals surface area contributed by atoms with Crippen LogP contribution in [0, 0.1) is 5.92 Å². The Hall–Kier alpha value is -0.880. The number of H-pyrrole nitrogens is 1. The van der Waals surface area contributed by atoms with Crippen molar-refractivity contribution in [2.45, 2.75) is 50.1 Å². The van der Waals surface area contributed by atoms with E-state index >= 15 is 0 Å². The smallest absolute Gasteiger partial charge is 0.257 e. The third-order valence-corrected chi connectivity index (χ3v) is 4.85. The second kappa shape index (κ2) is 5.18. The zero-order valence-electron chi connectivity index (χ0n) is 10.0. The predicted molar refractivity (Wildman–Crippen MR) is 64.9 cm³/mol. The third kappa shape index (κ3) is 3.07. The van der Waals surface area contributed by atoms with Crippen molar-refractivity contribution in [2.75, 3.05) is 0 Å². The highest BCUT2D eigenvalue weighted by Gasteiger charge is 2.26. The summed E-state index contributed by atoms with van der Waals surface area (Å²) in [5.74, 6) is 0.398. The van der Waals surface area contributed by atoms with Crippen LogP contribution in [0.25, 0.3) is 0 Å². The highest BCUT2D eigenvalue weighted by atomic mass is 32.2. The number of imidazole rings is 1. The van der Waals surface area contributed by atoms with Gasteiger partial charge >= 0.3 is 0 Å². The van der Waals surface area contributed by atoms with Crippen molar-refractivity contribution in [3.8, 4) is 0 Å². The van der Waals surface area contributed by atoms with Crippen LogP contribution in [0.2, 0.25) is 0 Å². The molecule has 2 rings (SSSR count). The van der Waals surface area contributed by atoms with Crippen LogP contribution in [0.1, 0.15) is 39.0 Å². The molecule has 0 bridgehead atoms. The Balaban J connectivity index is 2.09. The molecular formula is C11H19N3O2S. The number of hydrogen-bond donors (Lipinski definition) is 2. The molecule has 2 atom stereocenters. The molecule has 1 aliphatic carbocycles. The summed E-state index contributed by atoms with van der Waals surface area (Å²) in [6.45, 7) is 2.12. The van der Waals surface area contributed by atoms with Gasteiger partial charge in [-0.15, -0.1) is 0 Å². The van der Waals surface area contributed by atoms with Crippen molar-refractivity contribution in [1.82, 2.24) is 14.7 Å². The molecule has 0 aliphatic heterocycles. The Morgan fingerprint density at radius 2 is 2.12 bits per heavy atom. The number of aromatic nitrogens is 2. The minimum Gasteiger partial charge on any atom is -0.335 e. The maximum Gasteiger partial charge on any atom is 0.257 e. The molecule has 17 heavy (non-hydrogen) atoms. The van der Waals surface area contributed by atoms with E-state index in [0.29, 0.717) is 5.92 Å². The first kappa shape index (κ1) is 12.6. The van der Waals surface area contributed by atoms with Crippen molar-refractivity contribution < 1.29 is 8.42 Å². The fraction of sp³-hybridized carbons (Fsp3) is 0.727. The van der Waals surface area contributed by atoms with Crippen molar-refractivity contribution >= 4 is 10.0 Å². The summed E-state index contributed by atoms with van der Waals surface area (Å²) in [5.41, 5.74) is 0. The highest BCUT2D eigenvalue weighted by Crippen LogP contribution is 2.24. The van der Waals surface area contributed by atoms with Crippen LogP contribution < -0.4 is 4.72 Å². The van der Waals surface area contributed by atoms with Crippen LogP contribution in [-0.4, -0.2) is 24.4 Å². The van der Waals surface area contributed by atoms with Crippen LogP contribution in [0.3, 0.4) is 0 Å². The minimum atomic E-state index is -3.43. The van der Waals surface area contributed by atoms with Gasteiger partial charge in [0.15, 0.2) is 5.03 Å². The monoisotopic (exact) mass is 257 g/mol. The van der Waals surface area contributed by atoms with Gasteiger partial charge in [0.25, 0.3) is 10.0 Å². The first-order valence-electron chi connectivity index (χ1n) is 6.10. The van der Waals surface area contributed by atoms with Crippen LogP contribution >= 0.6 is 0 Å². The van der Waals surface area contributed by atoms with Gasteiger partial charge in [0.1, 0.15) is 0 Å². The first-order valence-corrected chi connectivity index (χ1v) is 7.58. The molecule has 1 fully saturated rings. The van der Waals surface area contributed by atoms with E-state index in [0.717, 1.165) is 19.3 Å². The van der Waals surface area contributed by atoms with Crippen molar-refractivity contribution in [3.05, 3.63) is 12.5 Å². The summed E-state index contributed by atoms with van der Waals surface area (Å²) in [4.78, 5) is 6.38. The highest BCUT2D eigenvalue weighted by molar-refractivity contribution is 7.89. The fourth-order valence-corrected chi connectivity index (χ4v) is 3.60. The Morgan fingerprint density at radius 1 is 1.35 bits per heavy atom. The molecule has 1 saturated carbocycles. The molecule has 0 spiro atoms. The van der Waals surface area contributed by atoms with Crippen molar-refractivity contribution in [2.24, 2.45) is 5.92 Å². The maximum absolute atomic E-state index is 12.0. The standard InChI is InChI=1S/C11H19N3O2S/c1-9-5-3-2-4-6-10(9)14-17(15,16)11-7-12-8-13-11/h7-10,14H,2-6H2,1H3,(H,12,13). The normalized spacial score (nSPS) is 26.6. The predicted octanol–water partition coefficient (Wildman–Crippen LogP) is 1.66. The van der Waals surface area contributed by atoms with Gasteiger partial charge in [-0.1, -0.05) is 26.2 Å². The van der Waals surface area contributed by atoms with Gasteiger partial charge in [-0.05, 0) is 18.8 Å². The largest absolute Gasteiger partial charge is 0.335 e. The Bertz CT molecular complexity index is 441. The van der Waals surface area contributed by atoms with Gasteiger partial charge in [0.2, 0.25) is 0 Å². The van der Waals surface area contributed by atoms with Crippen molar-refractivity contribution in [1.29, 1.82) is 0 Å². The summed E-state index contributed by atoms with van der Waals surface area (Å²) in [7, 11) is -3.43. The lowest BCUT2D eigenvalue weighted by Crippen LogP contribution is -2.38. The first-order chi connectivity index (χ1) is 8.09. The van der Waals surface area contributed by atoms with E-state index in [1.165, 1.54) is 25.4 Å². The molecule has 1 aromatic rings. The van der Waals surface area contributed by atoms with Crippen LogP contribution in [0.15, 0.2) is 17.6 Å². The number of nitrogens with zero attached hydrogens (tertiary/aromatic N) is 1. The second-order valence-corrected chi connectivity index (χ2v) is 6.44. The third-order valence-electron chi connectivity index (χ3n) is 3.43. The fourth-order valence-electron chi connectivity index (χ4n) is 2.32. The quantitative estimate of drug-likeness (QED) is 0.809. The van der Waals surface area contributed by atoms with Crippen LogP contribution in [0.4, 0.5) is 0 Å². The molecule has 0 saturated heterocycles. The second-order valence-electron chi connectivity index (χ2n) is 4.76. The molecule has 1 aliphatic rings. The minimum absolute atomic E-state index is 0.0470. The molecule has 96 valence electrons. The Labute approximate surface area is 102 Å². The topological polar surface area (TPSA) is 74.8 Å². The van der Waals surface area contributed by atoms with E-state index in [9.17, 15) is 8.42 Å². The van der Waals surface area contributed by atoms with Gasteiger partial charge in [-0.25, -0.2) is 18.1 Å². The molecule has 0 amide bonds.